The number of benzene rings is 1. The second-order valence-electron chi connectivity index (χ2n) is 6.37. The van der Waals surface area contributed by atoms with E-state index in [1.54, 1.807) is 7.11 Å². The van der Waals surface area contributed by atoms with Gasteiger partial charge < -0.3 is 15.4 Å². The van der Waals surface area contributed by atoms with Gasteiger partial charge in [0.1, 0.15) is 5.75 Å². The monoisotopic (exact) mass is 345 g/mol. The average molecular weight is 345 g/mol. The number of amides is 2. The number of hydrogen-bond donors (Lipinski definition) is 2. The molecule has 2 rings (SSSR count). The van der Waals surface area contributed by atoms with Gasteiger partial charge in [-0.2, -0.15) is 0 Å². The zero-order valence-corrected chi connectivity index (χ0v) is 15.1. The highest BCUT2D eigenvalue weighted by Crippen LogP contribution is 2.19. The van der Waals surface area contributed by atoms with Gasteiger partial charge in [0.15, 0.2) is 0 Å². The molecule has 1 atom stereocenters. The Hall–Kier alpha value is -2.34. The lowest BCUT2D eigenvalue weighted by molar-refractivity contribution is -0.133. The standard InChI is InChI=1S/C19H27N3O3/c1-14(2)21-18(23)13-16-19(24)20-10-12-22(16)11-6-8-15-7-4-5-9-17(15)25-3/h4-9,14,16H,10-13H2,1-3H3,(H,20,24)(H,21,23)/b8-6+/t16-/m1/s1. The first-order valence-corrected chi connectivity index (χ1v) is 8.62. The molecule has 1 aromatic rings. The number of methoxy groups -OCH3 is 1. The first kappa shape index (κ1) is 19.0. The van der Waals surface area contributed by atoms with Gasteiger partial charge in [-0.05, 0) is 19.9 Å². The molecule has 1 heterocycles. The molecule has 1 fully saturated rings. The highest BCUT2D eigenvalue weighted by molar-refractivity contribution is 5.88. The molecule has 0 saturated carbocycles. The van der Waals surface area contributed by atoms with Crippen molar-refractivity contribution in [2.75, 3.05) is 26.7 Å². The summed E-state index contributed by atoms with van der Waals surface area (Å²) in [6.45, 7) is 5.75. The van der Waals surface area contributed by atoms with E-state index in [2.05, 4.69) is 10.6 Å². The number of rotatable bonds is 7. The lowest BCUT2D eigenvalue weighted by atomic mass is 10.1. The Bertz CT molecular complexity index is 628. The summed E-state index contributed by atoms with van der Waals surface area (Å²) in [4.78, 5) is 26.3. The van der Waals surface area contributed by atoms with E-state index >= 15 is 0 Å². The quantitative estimate of drug-likeness (QED) is 0.784. The fourth-order valence-corrected chi connectivity index (χ4v) is 2.88. The highest BCUT2D eigenvalue weighted by atomic mass is 16.5. The minimum Gasteiger partial charge on any atom is -0.496 e. The lowest BCUT2D eigenvalue weighted by Crippen LogP contribution is -2.56. The first-order chi connectivity index (χ1) is 12.0. The van der Waals surface area contributed by atoms with Gasteiger partial charge in [0, 0.05) is 31.2 Å². The average Bonchev–Trinajstić information content (AvgIpc) is 2.57. The van der Waals surface area contributed by atoms with Crippen LogP contribution >= 0.6 is 0 Å². The Balaban J connectivity index is 2.01. The van der Waals surface area contributed by atoms with Gasteiger partial charge in [-0.1, -0.05) is 30.4 Å². The number of hydrogen-bond acceptors (Lipinski definition) is 4. The van der Waals surface area contributed by atoms with Crippen molar-refractivity contribution < 1.29 is 14.3 Å². The second kappa shape index (κ2) is 9.22. The lowest BCUT2D eigenvalue weighted by Gasteiger charge is -2.34. The normalized spacial score (nSPS) is 18.4. The Morgan fingerprint density at radius 1 is 1.44 bits per heavy atom. The van der Waals surface area contributed by atoms with Gasteiger partial charge in [-0.3, -0.25) is 14.5 Å². The zero-order chi connectivity index (χ0) is 18.2. The minimum atomic E-state index is -0.435. The van der Waals surface area contributed by atoms with Gasteiger partial charge in [0.2, 0.25) is 11.8 Å². The molecule has 1 saturated heterocycles. The van der Waals surface area contributed by atoms with E-state index in [9.17, 15) is 9.59 Å². The molecule has 0 aromatic heterocycles. The molecule has 0 bridgehead atoms. The van der Waals surface area contributed by atoms with Gasteiger partial charge >= 0.3 is 0 Å². The van der Waals surface area contributed by atoms with Crippen LogP contribution in [-0.2, 0) is 9.59 Å². The van der Waals surface area contributed by atoms with Crippen LogP contribution in [0.5, 0.6) is 5.75 Å². The molecule has 1 aromatic carbocycles. The molecule has 136 valence electrons. The van der Waals surface area contributed by atoms with E-state index < -0.39 is 6.04 Å². The topological polar surface area (TPSA) is 70.7 Å². The number of carbonyl (C=O) groups excluding carboxylic acids is 2. The number of ether oxygens (including phenoxy) is 1. The van der Waals surface area contributed by atoms with Crippen molar-refractivity contribution in [2.24, 2.45) is 0 Å². The second-order valence-corrected chi connectivity index (χ2v) is 6.37. The summed E-state index contributed by atoms with van der Waals surface area (Å²) < 4.78 is 5.33. The SMILES string of the molecule is COc1ccccc1/C=C/CN1CCNC(=O)[C@H]1CC(=O)NC(C)C. The van der Waals surface area contributed by atoms with Crippen LogP contribution in [0, 0.1) is 0 Å². The van der Waals surface area contributed by atoms with Crippen molar-refractivity contribution >= 4 is 17.9 Å². The predicted octanol–water partition coefficient (Wildman–Crippen LogP) is 1.42. The van der Waals surface area contributed by atoms with Crippen LogP contribution in [0.15, 0.2) is 30.3 Å². The fraction of sp³-hybridized carbons (Fsp3) is 0.474. The van der Waals surface area contributed by atoms with E-state index in [4.69, 9.17) is 4.74 Å². The van der Waals surface area contributed by atoms with Crippen LogP contribution in [-0.4, -0.2) is 55.5 Å². The van der Waals surface area contributed by atoms with Crippen LogP contribution in [0.1, 0.15) is 25.8 Å². The summed E-state index contributed by atoms with van der Waals surface area (Å²) in [6.07, 6.45) is 4.16. The summed E-state index contributed by atoms with van der Waals surface area (Å²) >= 11 is 0. The highest BCUT2D eigenvalue weighted by Gasteiger charge is 2.30. The van der Waals surface area contributed by atoms with Crippen LogP contribution in [0.25, 0.3) is 6.08 Å². The van der Waals surface area contributed by atoms with E-state index in [0.29, 0.717) is 13.1 Å². The van der Waals surface area contributed by atoms with E-state index in [1.165, 1.54) is 0 Å². The maximum atomic E-state index is 12.2. The Labute approximate surface area is 149 Å². The molecule has 1 aliphatic rings. The number of para-hydroxylation sites is 1. The Morgan fingerprint density at radius 2 is 2.20 bits per heavy atom. The molecular formula is C19H27N3O3. The zero-order valence-electron chi connectivity index (χ0n) is 15.1. The molecule has 0 unspecified atom stereocenters. The van der Waals surface area contributed by atoms with Crippen molar-refractivity contribution in [1.82, 2.24) is 15.5 Å². The number of piperazine rings is 1. The number of carbonyl (C=O) groups is 2. The number of nitrogens with zero attached hydrogens (tertiary/aromatic N) is 1. The van der Waals surface area contributed by atoms with Crippen molar-refractivity contribution in [3.63, 3.8) is 0 Å². The molecule has 2 amide bonds. The van der Waals surface area contributed by atoms with Crippen molar-refractivity contribution in [3.8, 4) is 5.75 Å². The van der Waals surface area contributed by atoms with Crippen LogP contribution in [0.3, 0.4) is 0 Å². The molecule has 0 radical (unpaired) electrons. The molecule has 25 heavy (non-hydrogen) atoms. The summed E-state index contributed by atoms with van der Waals surface area (Å²) in [7, 11) is 1.64. The Morgan fingerprint density at radius 3 is 2.92 bits per heavy atom. The van der Waals surface area contributed by atoms with Gasteiger partial charge in [-0.15, -0.1) is 0 Å². The summed E-state index contributed by atoms with van der Waals surface area (Å²) in [5.41, 5.74) is 0.987. The van der Waals surface area contributed by atoms with Crippen molar-refractivity contribution in [3.05, 3.63) is 35.9 Å². The van der Waals surface area contributed by atoms with Crippen molar-refractivity contribution in [1.29, 1.82) is 0 Å². The smallest absolute Gasteiger partial charge is 0.237 e. The fourth-order valence-electron chi connectivity index (χ4n) is 2.88. The van der Waals surface area contributed by atoms with Crippen molar-refractivity contribution in [2.45, 2.75) is 32.4 Å². The molecule has 0 spiro atoms. The third-order valence-corrected chi connectivity index (χ3v) is 4.05. The minimum absolute atomic E-state index is 0.0676. The maximum Gasteiger partial charge on any atom is 0.237 e. The molecular weight excluding hydrogens is 318 g/mol. The van der Waals surface area contributed by atoms with E-state index in [-0.39, 0.29) is 24.3 Å². The molecule has 0 aliphatic carbocycles. The third kappa shape index (κ3) is 5.60. The summed E-state index contributed by atoms with van der Waals surface area (Å²) in [5, 5.41) is 5.69. The van der Waals surface area contributed by atoms with Gasteiger partial charge in [0.05, 0.1) is 19.6 Å². The third-order valence-electron chi connectivity index (χ3n) is 4.05. The maximum absolute atomic E-state index is 12.2. The molecule has 6 nitrogen and oxygen atoms in total. The largest absolute Gasteiger partial charge is 0.496 e. The van der Waals surface area contributed by atoms with Gasteiger partial charge in [0.25, 0.3) is 0 Å². The van der Waals surface area contributed by atoms with Gasteiger partial charge in [-0.25, -0.2) is 0 Å². The number of nitrogens with one attached hydrogen (secondary N) is 2. The summed E-state index contributed by atoms with van der Waals surface area (Å²) in [6, 6.07) is 7.40. The Kier molecular flexibility index (Phi) is 7.01. The molecule has 2 N–H and O–H groups in total. The van der Waals surface area contributed by atoms with E-state index in [1.807, 2.05) is 55.2 Å². The van der Waals surface area contributed by atoms with Crippen LogP contribution in [0.2, 0.25) is 0 Å². The predicted molar refractivity (Wildman–Crippen MR) is 98.3 cm³/mol. The molecule has 1 aliphatic heterocycles. The summed E-state index contributed by atoms with van der Waals surface area (Å²) in [5.74, 6) is 0.620. The van der Waals surface area contributed by atoms with E-state index in [0.717, 1.165) is 17.9 Å². The first-order valence-electron chi connectivity index (χ1n) is 8.62. The van der Waals surface area contributed by atoms with Crippen LogP contribution in [0.4, 0.5) is 0 Å². The van der Waals surface area contributed by atoms with Crippen LogP contribution < -0.4 is 15.4 Å². The molecule has 6 heteroatoms.